The maximum Gasteiger partial charge on any atom is 0.0326 e. The molecule has 0 spiro atoms. The highest BCUT2D eigenvalue weighted by atomic mass is 15.2. The highest BCUT2D eigenvalue weighted by Gasteiger charge is 2.17. The van der Waals surface area contributed by atoms with Gasteiger partial charge in [0, 0.05) is 24.8 Å². The molecule has 1 heterocycles. The largest absolute Gasteiger partial charge is 0.374 e. The van der Waals surface area contributed by atoms with Crippen molar-refractivity contribution in [1.82, 2.24) is 4.90 Å². The third-order valence-corrected chi connectivity index (χ3v) is 2.55. The molecular formula is C11H22N2. The van der Waals surface area contributed by atoms with E-state index < -0.39 is 0 Å². The van der Waals surface area contributed by atoms with Gasteiger partial charge in [-0.3, -0.25) is 0 Å². The number of piperidine rings is 1. The second kappa shape index (κ2) is 4.66. The molecule has 1 aliphatic heterocycles. The summed E-state index contributed by atoms with van der Waals surface area (Å²) in [5.74, 6) is 0.700. The van der Waals surface area contributed by atoms with Gasteiger partial charge in [-0.05, 0) is 25.2 Å². The molecule has 13 heavy (non-hydrogen) atoms. The lowest BCUT2D eigenvalue weighted by Crippen LogP contribution is -2.42. The van der Waals surface area contributed by atoms with Crippen LogP contribution in [0, 0.1) is 5.92 Å². The summed E-state index contributed by atoms with van der Waals surface area (Å²) in [7, 11) is 0. The van der Waals surface area contributed by atoms with Crippen molar-refractivity contribution >= 4 is 0 Å². The van der Waals surface area contributed by atoms with Crippen molar-refractivity contribution in [2.45, 2.75) is 39.2 Å². The van der Waals surface area contributed by atoms with Gasteiger partial charge in [0.05, 0.1) is 0 Å². The van der Waals surface area contributed by atoms with E-state index in [0.29, 0.717) is 12.0 Å². The van der Waals surface area contributed by atoms with E-state index in [-0.39, 0.29) is 0 Å². The predicted octanol–water partition coefficient (Wildman–Crippen LogP) is 1.97. The van der Waals surface area contributed by atoms with Gasteiger partial charge in [-0.2, -0.15) is 0 Å². The zero-order valence-corrected chi connectivity index (χ0v) is 8.92. The van der Waals surface area contributed by atoms with Crippen molar-refractivity contribution in [2.24, 2.45) is 11.7 Å². The second-order valence-corrected chi connectivity index (χ2v) is 4.51. The maximum absolute atomic E-state index is 5.91. The maximum atomic E-state index is 5.91. The van der Waals surface area contributed by atoms with Gasteiger partial charge in [0.25, 0.3) is 0 Å². The topological polar surface area (TPSA) is 29.3 Å². The summed E-state index contributed by atoms with van der Waals surface area (Å²) >= 11 is 0. The summed E-state index contributed by atoms with van der Waals surface area (Å²) in [5.41, 5.74) is 7.18. The van der Waals surface area contributed by atoms with Gasteiger partial charge in [0.15, 0.2) is 0 Å². The van der Waals surface area contributed by atoms with Crippen LogP contribution in [0.1, 0.15) is 33.1 Å². The van der Waals surface area contributed by atoms with Crippen LogP contribution in [0.3, 0.4) is 0 Å². The molecule has 0 aliphatic carbocycles. The summed E-state index contributed by atoms with van der Waals surface area (Å²) < 4.78 is 0. The first kappa shape index (κ1) is 10.6. The van der Waals surface area contributed by atoms with E-state index in [1.807, 2.05) is 0 Å². The zero-order valence-electron chi connectivity index (χ0n) is 8.92. The lowest BCUT2D eigenvalue weighted by atomic mass is 10.0. The van der Waals surface area contributed by atoms with Crippen LogP contribution in [0.25, 0.3) is 0 Å². The summed E-state index contributed by atoms with van der Waals surface area (Å²) in [6.07, 6.45) is 3.50. The Morgan fingerprint density at radius 1 is 1.62 bits per heavy atom. The molecule has 2 N–H and O–H groups in total. The summed E-state index contributed by atoms with van der Waals surface area (Å²) in [5, 5.41) is 0. The van der Waals surface area contributed by atoms with Crippen LogP contribution in [0.4, 0.5) is 0 Å². The van der Waals surface area contributed by atoms with Gasteiger partial charge in [0.2, 0.25) is 0 Å². The molecule has 0 amide bonds. The molecule has 1 unspecified atom stereocenters. The molecule has 0 aromatic rings. The SMILES string of the molecule is C=C(CC(C)C)N1CCCC(N)C1. The van der Waals surface area contributed by atoms with Crippen molar-refractivity contribution in [3.8, 4) is 0 Å². The molecule has 76 valence electrons. The predicted molar refractivity (Wildman–Crippen MR) is 57.4 cm³/mol. The molecule has 1 saturated heterocycles. The van der Waals surface area contributed by atoms with Crippen LogP contribution in [0.5, 0.6) is 0 Å². The second-order valence-electron chi connectivity index (χ2n) is 4.51. The van der Waals surface area contributed by atoms with Crippen molar-refractivity contribution < 1.29 is 0 Å². The summed E-state index contributed by atoms with van der Waals surface area (Å²) in [6.45, 7) is 10.7. The van der Waals surface area contributed by atoms with Crippen molar-refractivity contribution in [3.63, 3.8) is 0 Å². The molecule has 0 saturated carbocycles. The van der Waals surface area contributed by atoms with Crippen LogP contribution < -0.4 is 5.73 Å². The average molecular weight is 182 g/mol. The molecule has 0 aromatic carbocycles. The van der Waals surface area contributed by atoms with E-state index in [4.69, 9.17) is 5.73 Å². The van der Waals surface area contributed by atoms with Crippen LogP contribution >= 0.6 is 0 Å². The lowest BCUT2D eigenvalue weighted by molar-refractivity contribution is 0.248. The number of likely N-dealkylation sites (tertiary alicyclic amines) is 1. The molecule has 1 fully saturated rings. The van der Waals surface area contributed by atoms with Gasteiger partial charge in [-0.1, -0.05) is 20.4 Å². The van der Waals surface area contributed by atoms with Crippen molar-refractivity contribution in [1.29, 1.82) is 0 Å². The van der Waals surface area contributed by atoms with E-state index in [1.54, 1.807) is 0 Å². The monoisotopic (exact) mass is 182 g/mol. The molecule has 1 rings (SSSR count). The molecule has 1 aliphatic rings. The Hall–Kier alpha value is -0.500. The number of nitrogens with two attached hydrogens (primary N) is 1. The first-order chi connectivity index (χ1) is 6.09. The standard InChI is InChI=1S/C11H22N2/c1-9(2)7-10(3)13-6-4-5-11(12)8-13/h9,11H,3-8,12H2,1-2H3. The van der Waals surface area contributed by atoms with Gasteiger partial charge < -0.3 is 10.6 Å². The van der Waals surface area contributed by atoms with Crippen LogP contribution in [-0.2, 0) is 0 Å². The summed E-state index contributed by atoms with van der Waals surface area (Å²) in [4.78, 5) is 2.36. The molecular weight excluding hydrogens is 160 g/mol. The van der Waals surface area contributed by atoms with Gasteiger partial charge >= 0.3 is 0 Å². The highest BCUT2D eigenvalue weighted by molar-refractivity contribution is 4.97. The van der Waals surface area contributed by atoms with Crippen molar-refractivity contribution in [3.05, 3.63) is 12.3 Å². The minimum Gasteiger partial charge on any atom is -0.374 e. The Morgan fingerprint density at radius 2 is 2.31 bits per heavy atom. The first-order valence-electron chi connectivity index (χ1n) is 5.28. The first-order valence-corrected chi connectivity index (χ1v) is 5.28. The van der Waals surface area contributed by atoms with E-state index in [0.717, 1.165) is 19.5 Å². The normalized spacial score (nSPS) is 23.7. The minimum atomic E-state index is 0.359. The Morgan fingerprint density at radius 3 is 2.85 bits per heavy atom. The third kappa shape index (κ3) is 3.39. The number of hydrogen-bond donors (Lipinski definition) is 1. The summed E-state index contributed by atoms with van der Waals surface area (Å²) in [6, 6.07) is 0.359. The Balaban J connectivity index is 2.37. The molecule has 0 aromatic heterocycles. The highest BCUT2D eigenvalue weighted by Crippen LogP contribution is 2.18. The van der Waals surface area contributed by atoms with Crippen molar-refractivity contribution in [2.75, 3.05) is 13.1 Å². The van der Waals surface area contributed by atoms with E-state index >= 15 is 0 Å². The Bertz CT molecular complexity index is 175. The molecule has 2 heteroatoms. The van der Waals surface area contributed by atoms with E-state index in [1.165, 1.54) is 18.5 Å². The Kier molecular flexibility index (Phi) is 3.79. The molecule has 0 bridgehead atoms. The smallest absolute Gasteiger partial charge is 0.0326 e. The molecule has 2 nitrogen and oxygen atoms in total. The number of hydrogen-bond acceptors (Lipinski definition) is 2. The van der Waals surface area contributed by atoms with E-state index in [2.05, 4.69) is 25.3 Å². The van der Waals surface area contributed by atoms with Crippen LogP contribution in [0.15, 0.2) is 12.3 Å². The van der Waals surface area contributed by atoms with Crippen LogP contribution in [0.2, 0.25) is 0 Å². The quantitative estimate of drug-likeness (QED) is 0.723. The van der Waals surface area contributed by atoms with Gasteiger partial charge in [-0.25, -0.2) is 0 Å². The van der Waals surface area contributed by atoms with E-state index in [9.17, 15) is 0 Å². The molecule has 0 radical (unpaired) electrons. The fourth-order valence-corrected chi connectivity index (χ4v) is 1.90. The Labute approximate surface area is 81.8 Å². The fraction of sp³-hybridized carbons (Fsp3) is 0.818. The fourth-order valence-electron chi connectivity index (χ4n) is 1.90. The molecule has 1 atom stereocenters. The zero-order chi connectivity index (χ0) is 9.84. The third-order valence-electron chi connectivity index (χ3n) is 2.55. The number of allylic oxidation sites excluding steroid dienone is 1. The minimum absolute atomic E-state index is 0.359. The van der Waals surface area contributed by atoms with Gasteiger partial charge in [-0.15, -0.1) is 0 Å². The lowest BCUT2D eigenvalue weighted by Gasteiger charge is -2.34. The van der Waals surface area contributed by atoms with Gasteiger partial charge in [0.1, 0.15) is 0 Å². The average Bonchev–Trinajstić information content (AvgIpc) is 2.03. The van der Waals surface area contributed by atoms with Crippen LogP contribution in [-0.4, -0.2) is 24.0 Å². The number of nitrogens with zero attached hydrogens (tertiary/aromatic N) is 1. The number of rotatable bonds is 3.